The molecule has 0 atom stereocenters. The predicted octanol–water partition coefficient (Wildman–Crippen LogP) is 2.56. The van der Waals surface area contributed by atoms with E-state index in [1.54, 1.807) is 25.3 Å². The van der Waals surface area contributed by atoms with Crippen LogP contribution in [0, 0.1) is 0 Å². The molecule has 1 rings (SSSR count). The largest absolute Gasteiger partial charge is 0.385 e. The molecule has 0 saturated carbocycles. The van der Waals surface area contributed by atoms with E-state index in [0.29, 0.717) is 22.3 Å². The van der Waals surface area contributed by atoms with Crippen LogP contribution in [0.2, 0.25) is 10.0 Å². The van der Waals surface area contributed by atoms with Crippen molar-refractivity contribution >= 4 is 34.8 Å². The molecule has 0 heterocycles. The number of rotatable bonds is 7. The average molecular weight is 291 g/mol. The Hall–Kier alpha value is -0.810. The molecule has 6 heteroatoms. The predicted molar refractivity (Wildman–Crippen MR) is 74.5 cm³/mol. The number of hydrogen-bond acceptors (Lipinski definition) is 3. The van der Waals surface area contributed by atoms with Crippen LogP contribution >= 0.6 is 23.2 Å². The molecule has 1 aromatic rings. The summed E-state index contributed by atoms with van der Waals surface area (Å²) in [5.41, 5.74) is 0.560. The van der Waals surface area contributed by atoms with Crippen LogP contribution in [0.4, 0.5) is 5.69 Å². The highest BCUT2D eigenvalue weighted by molar-refractivity contribution is 6.36. The van der Waals surface area contributed by atoms with Crippen molar-refractivity contribution in [2.24, 2.45) is 0 Å². The van der Waals surface area contributed by atoms with Crippen molar-refractivity contribution in [1.29, 1.82) is 0 Å². The van der Waals surface area contributed by atoms with Crippen molar-refractivity contribution < 1.29 is 9.53 Å². The van der Waals surface area contributed by atoms with Gasteiger partial charge in [0, 0.05) is 18.7 Å². The van der Waals surface area contributed by atoms with Gasteiger partial charge in [-0.25, -0.2) is 0 Å². The maximum Gasteiger partial charge on any atom is 0.238 e. The number of anilines is 1. The van der Waals surface area contributed by atoms with Gasteiger partial charge in [-0.15, -0.1) is 0 Å². The summed E-state index contributed by atoms with van der Waals surface area (Å²) in [7, 11) is 1.65. The van der Waals surface area contributed by atoms with Crippen molar-refractivity contribution in [3.8, 4) is 0 Å². The molecule has 0 spiro atoms. The van der Waals surface area contributed by atoms with Gasteiger partial charge in [0.15, 0.2) is 0 Å². The monoisotopic (exact) mass is 290 g/mol. The molecule has 1 amide bonds. The molecular formula is C12H16Cl2N2O2. The molecule has 0 fully saturated rings. The number of benzene rings is 1. The second-order valence-electron chi connectivity index (χ2n) is 3.70. The van der Waals surface area contributed by atoms with E-state index in [0.717, 1.165) is 13.0 Å². The van der Waals surface area contributed by atoms with E-state index in [1.807, 2.05) is 0 Å². The van der Waals surface area contributed by atoms with Crippen LogP contribution in [0.5, 0.6) is 0 Å². The van der Waals surface area contributed by atoms with Crippen LogP contribution in [0.3, 0.4) is 0 Å². The summed E-state index contributed by atoms with van der Waals surface area (Å²) in [5, 5.41) is 6.68. The molecule has 0 aromatic heterocycles. The number of amides is 1. The van der Waals surface area contributed by atoms with Gasteiger partial charge in [0.1, 0.15) is 0 Å². The number of halogens is 2. The van der Waals surface area contributed by atoms with Gasteiger partial charge in [-0.3, -0.25) is 4.79 Å². The zero-order valence-corrected chi connectivity index (χ0v) is 11.6. The van der Waals surface area contributed by atoms with Crippen LogP contribution in [-0.2, 0) is 9.53 Å². The number of carbonyl (C=O) groups excluding carboxylic acids is 1. The average Bonchev–Trinajstić information content (AvgIpc) is 2.32. The van der Waals surface area contributed by atoms with Gasteiger partial charge in [-0.2, -0.15) is 0 Å². The number of methoxy groups -OCH3 is 1. The quantitative estimate of drug-likeness (QED) is 0.759. The van der Waals surface area contributed by atoms with Gasteiger partial charge in [-0.1, -0.05) is 23.2 Å². The first-order valence-corrected chi connectivity index (χ1v) is 6.33. The van der Waals surface area contributed by atoms with Crippen LogP contribution in [0.25, 0.3) is 0 Å². The first-order valence-electron chi connectivity index (χ1n) is 5.58. The number of hydrogen-bond donors (Lipinski definition) is 2. The van der Waals surface area contributed by atoms with E-state index in [4.69, 9.17) is 27.9 Å². The van der Waals surface area contributed by atoms with Crippen molar-refractivity contribution in [1.82, 2.24) is 5.32 Å². The van der Waals surface area contributed by atoms with Crippen LogP contribution in [0.15, 0.2) is 18.2 Å². The summed E-state index contributed by atoms with van der Waals surface area (Å²) in [6, 6.07) is 4.94. The second kappa shape index (κ2) is 8.32. The SMILES string of the molecule is COCCCNCC(=O)Nc1ccc(Cl)cc1Cl. The highest BCUT2D eigenvalue weighted by Gasteiger charge is 2.05. The van der Waals surface area contributed by atoms with E-state index in [2.05, 4.69) is 10.6 Å². The van der Waals surface area contributed by atoms with Crippen molar-refractivity contribution in [3.05, 3.63) is 28.2 Å². The summed E-state index contributed by atoms with van der Waals surface area (Å²) < 4.78 is 4.90. The highest BCUT2D eigenvalue weighted by atomic mass is 35.5. The Morgan fingerprint density at radius 1 is 1.39 bits per heavy atom. The third-order valence-corrected chi connectivity index (χ3v) is 2.74. The Morgan fingerprint density at radius 2 is 2.17 bits per heavy atom. The Bertz CT molecular complexity index is 400. The van der Waals surface area contributed by atoms with E-state index < -0.39 is 0 Å². The minimum atomic E-state index is -0.142. The maximum atomic E-state index is 11.6. The lowest BCUT2D eigenvalue weighted by molar-refractivity contribution is -0.115. The highest BCUT2D eigenvalue weighted by Crippen LogP contribution is 2.25. The van der Waals surface area contributed by atoms with Crippen LogP contribution < -0.4 is 10.6 Å². The van der Waals surface area contributed by atoms with Gasteiger partial charge in [-0.05, 0) is 31.2 Å². The minimum absolute atomic E-state index is 0.142. The minimum Gasteiger partial charge on any atom is -0.385 e. The zero-order chi connectivity index (χ0) is 13.4. The first kappa shape index (κ1) is 15.2. The standard InChI is InChI=1S/C12H16Cl2N2O2/c1-18-6-2-5-15-8-12(17)16-11-4-3-9(13)7-10(11)14/h3-4,7,15H,2,5-6,8H2,1H3,(H,16,17). The number of ether oxygens (including phenoxy) is 1. The molecule has 18 heavy (non-hydrogen) atoms. The molecule has 0 unspecified atom stereocenters. The second-order valence-corrected chi connectivity index (χ2v) is 4.54. The molecule has 2 N–H and O–H groups in total. The molecule has 100 valence electrons. The van der Waals surface area contributed by atoms with E-state index in [-0.39, 0.29) is 12.5 Å². The molecular weight excluding hydrogens is 275 g/mol. The Balaban J connectivity index is 2.31. The molecule has 0 saturated heterocycles. The topological polar surface area (TPSA) is 50.4 Å². The third kappa shape index (κ3) is 5.69. The summed E-state index contributed by atoms with van der Waals surface area (Å²) in [5.74, 6) is -0.142. The summed E-state index contributed by atoms with van der Waals surface area (Å²) in [4.78, 5) is 11.6. The molecule has 0 aliphatic carbocycles. The van der Waals surface area contributed by atoms with E-state index in [9.17, 15) is 4.79 Å². The van der Waals surface area contributed by atoms with Gasteiger partial charge < -0.3 is 15.4 Å². The number of carbonyl (C=O) groups is 1. The lowest BCUT2D eigenvalue weighted by Gasteiger charge is -2.08. The van der Waals surface area contributed by atoms with Crippen molar-refractivity contribution in [3.63, 3.8) is 0 Å². The maximum absolute atomic E-state index is 11.6. The van der Waals surface area contributed by atoms with Gasteiger partial charge >= 0.3 is 0 Å². The molecule has 1 aromatic carbocycles. The molecule has 0 aliphatic heterocycles. The van der Waals surface area contributed by atoms with E-state index in [1.165, 1.54) is 0 Å². The fourth-order valence-electron chi connectivity index (χ4n) is 1.33. The van der Waals surface area contributed by atoms with Gasteiger partial charge in [0.2, 0.25) is 5.91 Å². The third-order valence-electron chi connectivity index (χ3n) is 2.19. The number of nitrogens with one attached hydrogen (secondary N) is 2. The summed E-state index contributed by atoms with van der Waals surface area (Å²) in [6.07, 6.45) is 0.867. The van der Waals surface area contributed by atoms with Crippen LogP contribution in [-0.4, -0.2) is 32.7 Å². The molecule has 0 bridgehead atoms. The van der Waals surface area contributed by atoms with Crippen LogP contribution in [0.1, 0.15) is 6.42 Å². The fraction of sp³-hybridized carbons (Fsp3) is 0.417. The Kier molecular flexibility index (Phi) is 7.05. The van der Waals surface area contributed by atoms with Gasteiger partial charge in [0.05, 0.1) is 17.3 Å². The lowest BCUT2D eigenvalue weighted by Crippen LogP contribution is -2.29. The van der Waals surface area contributed by atoms with E-state index >= 15 is 0 Å². The van der Waals surface area contributed by atoms with Crippen molar-refractivity contribution in [2.75, 3.05) is 32.1 Å². The first-order chi connectivity index (χ1) is 8.63. The zero-order valence-electron chi connectivity index (χ0n) is 10.1. The summed E-state index contributed by atoms with van der Waals surface area (Å²) in [6.45, 7) is 1.65. The van der Waals surface area contributed by atoms with Gasteiger partial charge in [0.25, 0.3) is 0 Å². The fourth-order valence-corrected chi connectivity index (χ4v) is 1.78. The smallest absolute Gasteiger partial charge is 0.238 e. The summed E-state index contributed by atoms with van der Waals surface area (Å²) >= 11 is 11.7. The molecule has 0 aliphatic rings. The molecule has 0 radical (unpaired) electrons. The normalized spacial score (nSPS) is 10.4. The molecule has 4 nitrogen and oxygen atoms in total. The lowest BCUT2D eigenvalue weighted by atomic mass is 10.3. The Morgan fingerprint density at radius 3 is 2.83 bits per heavy atom. The Labute approximate surface area is 117 Å². The van der Waals surface area contributed by atoms with Crippen molar-refractivity contribution in [2.45, 2.75) is 6.42 Å².